The van der Waals surface area contributed by atoms with Crippen LogP contribution in [0.2, 0.25) is 0 Å². The summed E-state index contributed by atoms with van der Waals surface area (Å²) in [6, 6.07) is 17.6. The molecule has 0 aliphatic heterocycles. The van der Waals surface area contributed by atoms with E-state index in [1.165, 1.54) is 0 Å². The zero-order valence-electron chi connectivity index (χ0n) is 13.2. The van der Waals surface area contributed by atoms with E-state index in [1.807, 2.05) is 86.6 Å². The van der Waals surface area contributed by atoms with Gasteiger partial charge in [-0.1, -0.05) is 42.5 Å². The molecule has 2 rings (SSSR count). The third kappa shape index (κ3) is 3.98. The minimum absolute atomic E-state index is 0.301. The van der Waals surface area contributed by atoms with Crippen LogP contribution in [0, 0.1) is 0 Å². The molecule has 0 aliphatic carbocycles. The Morgan fingerprint density at radius 1 is 1.05 bits per heavy atom. The van der Waals surface area contributed by atoms with E-state index in [-0.39, 0.29) is 5.97 Å². The van der Waals surface area contributed by atoms with Crippen molar-refractivity contribution in [3.05, 3.63) is 65.7 Å². The molecule has 0 amide bonds. The highest BCUT2D eigenvalue weighted by Gasteiger charge is 2.12. The Hall–Kier alpha value is -2.55. The van der Waals surface area contributed by atoms with Crippen molar-refractivity contribution in [1.82, 2.24) is 0 Å². The van der Waals surface area contributed by atoms with Gasteiger partial charge in [0.25, 0.3) is 0 Å². The molecule has 0 N–H and O–H groups in total. The Kier molecular flexibility index (Phi) is 5.37. The number of carbonyl (C=O) groups excluding carboxylic acids is 1. The molecule has 2 aromatic rings. The van der Waals surface area contributed by atoms with Crippen LogP contribution in [0.25, 0.3) is 11.6 Å². The Labute approximate surface area is 131 Å². The lowest BCUT2D eigenvalue weighted by Crippen LogP contribution is -2.08. The summed E-state index contributed by atoms with van der Waals surface area (Å²) in [5.41, 5.74) is 3.52. The average Bonchev–Trinajstić information content (AvgIpc) is 2.54. The first kappa shape index (κ1) is 15.8. The lowest BCUT2D eigenvalue weighted by molar-refractivity contribution is -0.136. The fourth-order valence-corrected chi connectivity index (χ4v) is 2.12. The normalized spacial score (nSPS) is 11.1. The summed E-state index contributed by atoms with van der Waals surface area (Å²) in [6.07, 6.45) is 1.87. The topological polar surface area (TPSA) is 29.5 Å². The van der Waals surface area contributed by atoms with E-state index < -0.39 is 0 Å². The first-order valence-electron chi connectivity index (χ1n) is 7.33. The molecule has 2 aromatic carbocycles. The number of ether oxygens (including phenoxy) is 1. The predicted octanol–water partition coefficient (Wildman–Crippen LogP) is 3.86. The second-order valence-electron chi connectivity index (χ2n) is 5.13. The molecule has 0 fully saturated rings. The second-order valence-corrected chi connectivity index (χ2v) is 5.13. The molecule has 3 heteroatoms. The van der Waals surface area contributed by atoms with Gasteiger partial charge in [-0.15, -0.1) is 0 Å². The van der Waals surface area contributed by atoms with Gasteiger partial charge in [0.2, 0.25) is 0 Å². The average molecular weight is 295 g/mol. The van der Waals surface area contributed by atoms with Crippen molar-refractivity contribution in [3.63, 3.8) is 0 Å². The van der Waals surface area contributed by atoms with Crippen molar-refractivity contribution < 1.29 is 9.53 Å². The van der Waals surface area contributed by atoms with Gasteiger partial charge >= 0.3 is 5.97 Å². The van der Waals surface area contributed by atoms with Crippen LogP contribution in [0.3, 0.4) is 0 Å². The van der Waals surface area contributed by atoms with Gasteiger partial charge in [-0.3, -0.25) is 0 Å². The number of rotatable bonds is 5. The van der Waals surface area contributed by atoms with Crippen molar-refractivity contribution in [1.29, 1.82) is 0 Å². The molecule has 0 unspecified atom stereocenters. The largest absolute Gasteiger partial charge is 0.462 e. The second kappa shape index (κ2) is 7.46. The standard InChI is InChI=1S/C19H21NO2/c1-4-22-19(21)18(16-8-6-5-7-9-16)14-15-10-12-17(13-11-15)20(2)3/h5-14H,4H2,1-3H3/b18-14-. The minimum atomic E-state index is -0.301. The Bertz CT molecular complexity index is 643. The first-order valence-corrected chi connectivity index (χ1v) is 7.33. The van der Waals surface area contributed by atoms with E-state index in [9.17, 15) is 4.79 Å². The number of esters is 1. The van der Waals surface area contributed by atoms with Gasteiger partial charge in [0.15, 0.2) is 0 Å². The maximum absolute atomic E-state index is 12.2. The van der Waals surface area contributed by atoms with Crippen LogP contribution in [0.1, 0.15) is 18.1 Å². The summed E-state index contributed by atoms with van der Waals surface area (Å²) in [7, 11) is 4.00. The van der Waals surface area contributed by atoms with E-state index in [4.69, 9.17) is 4.74 Å². The van der Waals surface area contributed by atoms with Crippen molar-refractivity contribution in [2.45, 2.75) is 6.92 Å². The molecule has 3 nitrogen and oxygen atoms in total. The predicted molar refractivity (Wildman–Crippen MR) is 91.7 cm³/mol. The van der Waals surface area contributed by atoms with E-state index >= 15 is 0 Å². The van der Waals surface area contributed by atoms with E-state index in [2.05, 4.69) is 0 Å². The maximum atomic E-state index is 12.2. The highest BCUT2D eigenvalue weighted by atomic mass is 16.5. The first-order chi connectivity index (χ1) is 10.6. The number of anilines is 1. The summed E-state index contributed by atoms with van der Waals surface area (Å²) in [5, 5.41) is 0. The van der Waals surface area contributed by atoms with Gasteiger partial charge in [0, 0.05) is 19.8 Å². The smallest absolute Gasteiger partial charge is 0.338 e. The molecular formula is C19H21NO2. The molecular weight excluding hydrogens is 274 g/mol. The molecule has 22 heavy (non-hydrogen) atoms. The fourth-order valence-electron chi connectivity index (χ4n) is 2.12. The summed E-state index contributed by atoms with van der Waals surface area (Å²) in [5.74, 6) is -0.301. The molecule has 0 radical (unpaired) electrons. The van der Waals surface area contributed by atoms with E-state index in [1.54, 1.807) is 0 Å². The fraction of sp³-hybridized carbons (Fsp3) is 0.211. The number of nitrogens with zero attached hydrogens (tertiary/aromatic N) is 1. The minimum Gasteiger partial charge on any atom is -0.462 e. The van der Waals surface area contributed by atoms with E-state index in [0.29, 0.717) is 12.2 Å². The van der Waals surface area contributed by atoms with Crippen LogP contribution >= 0.6 is 0 Å². The van der Waals surface area contributed by atoms with Gasteiger partial charge < -0.3 is 9.64 Å². The number of benzene rings is 2. The third-order valence-electron chi connectivity index (χ3n) is 3.30. The molecule has 114 valence electrons. The summed E-state index contributed by atoms with van der Waals surface area (Å²) in [4.78, 5) is 14.3. The third-order valence-corrected chi connectivity index (χ3v) is 3.30. The molecule has 0 spiro atoms. The Morgan fingerprint density at radius 3 is 2.23 bits per heavy atom. The molecule has 0 heterocycles. The molecule has 0 saturated heterocycles. The van der Waals surface area contributed by atoms with Crippen molar-refractivity contribution in [2.75, 3.05) is 25.6 Å². The SMILES string of the molecule is CCOC(=O)/C(=C\c1ccc(N(C)C)cc1)c1ccccc1. The monoisotopic (exact) mass is 295 g/mol. The molecule has 0 aromatic heterocycles. The highest BCUT2D eigenvalue weighted by molar-refractivity contribution is 6.21. The number of hydrogen-bond donors (Lipinski definition) is 0. The summed E-state index contributed by atoms with van der Waals surface area (Å²) < 4.78 is 5.18. The van der Waals surface area contributed by atoms with Crippen LogP contribution in [-0.4, -0.2) is 26.7 Å². The molecule has 0 aliphatic rings. The molecule has 0 bridgehead atoms. The van der Waals surface area contributed by atoms with Crippen LogP contribution < -0.4 is 4.90 Å². The van der Waals surface area contributed by atoms with Crippen molar-refractivity contribution in [2.24, 2.45) is 0 Å². The molecule has 0 atom stereocenters. The summed E-state index contributed by atoms with van der Waals surface area (Å²) in [6.45, 7) is 2.18. The zero-order chi connectivity index (χ0) is 15.9. The quantitative estimate of drug-likeness (QED) is 0.476. The van der Waals surface area contributed by atoms with Crippen molar-refractivity contribution in [3.8, 4) is 0 Å². The van der Waals surface area contributed by atoms with Gasteiger partial charge in [-0.05, 0) is 36.3 Å². The van der Waals surface area contributed by atoms with Crippen LogP contribution in [-0.2, 0) is 9.53 Å². The van der Waals surface area contributed by atoms with Gasteiger partial charge in [0.1, 0.15) is 0 Å². The lowest BCUT2D eigenvalue weighted by Gasteiger charge is -2.12. The lowest BCUT2D eigenvalue weighted by atomic mass is 10.0. The Morgan fingerprint density at radius 2 is 1.68 bits per heavy atom. The Balaban J connectivity index is 2.37. The van der Waals surface area contributed by atoms with Gasteiger partial charge in [-0.2, -0.15) is 0 Å². The number of carbonyl (C=O) groups is 1. The highest BCUT2D eigenvalue weighted by Crippen LogP contribution is 2.21. The number of hydrogen-bond acceptors (Lipinski definition) is 3. The van der Waals surface area contributed by atoms with Gasteiger partial charge in [-0.25, -0.2) is 4.79 Å². The maximum Gasteiger partial charge on any atom is 0.338 e. The van der Waals surface area contributed by atoms with Crippen LogP contribution in [0.15, 0.2) is 54.6 Å². The summed E-state index contributed by atoms with van der Waals surface area (Å²) >= 11 is 0. The van der Waals surface area contributed by atoms with Crippen molar-refractivity contribution >= 4 is 23.3 Å². The van der Waals surface area contributed by atoms with E-state index in [0.717, 1.165) is 16.8 Å². The van der Waals surface area contributed by atoms with Crippen LogP contribution in [0.5, 0.6) is 0 Å². The molecule has 0 saturated carbocycles. The van der Waals surface area contributed by atoms with Crippen LogP contribution in [0.4, 0.5) is 5.69 Å². The van der Waals surface area contributed by atoms with Gasteiger partial charge in [0.05, 0.1) is 12.2 Å². The zero-order valence-corrected chi connectivity index (χ0v) is 13.2.